The molecule has 0 spiro atoms. The third-order valence-electron chi connectivity index (χ3n) is 7.58. The fraction of sp³-hybridized carbons (Fsp3) is 0.739. The quantitative estimate of drug-likeness (QED) is 0.629. The van der Waals surface area contributed by atoms with E-state index in [0.29, 0.717) is 12.3 Å². The van der Waals surface area contributed by atoms with E-state index in [-0.39, 0.29) is 53.5 Å². The van der Waals surface area contributed by atoms with Crippen LogP contribution in [0.5, 0.6) is 0 Å². The standard InChI is InChI=1S/C23H36N2O5/c1-14(22(28)24-12-16-6-5-11-30-16)17-7-9-23(3)10-8-18(25-19(26)13-29-4)15(2)20(23)21(17)27/h5-6,11,14-15,17-18,20-21,27H,7-10,12-13H2,1-4H3,(H,24,28)(H,25,26)/t14-,15+,17+,18-,20+,21-,23-/m0/s1. The summed E-state index contributed by atoms with van der Waals surface area (Å²) >= 11 is 0. The maximum atomic E-state index is 12.8. The van der Waals surface area contributed by atoms with Gasteiger partial charge in [-0.25, -0.2) is 0 Å². The number of rotatable bonds is 7. The SMILES string of the molecule is COCC(=O)N[C@H]1CC[C@]2(C)CC[C@H]([C@H](C)C(=O)NCc3ccco3)[C@H](O)[C@H]2[C@@H]1C. The fourth-order valence-electron chi connectivity index (χ4n) is 5.82. The van der Waals surface area contributed by atoms with Gasteiger partial charge in [0.2, 0.25) is 11.8 Å². The van der Waals surface area contributed by atoms with Gasteiger partial charge in [-0.1, -0.05) is 20.8 Å². The molecule has 168 valence electrons. The van der Waals surface area contributed by atoms with Crippen LogP contribution in [0, 0.1) is 29.1 Å². The Bertz CT molecular complexity index is 721. The molecule has 2 saturated carbocycles. The molecular weight excluding hydrogens is 384 g/mol. The van der Waals surface area contributed by atoms with Gasteiger partial charge in [0.05, 0.1) is 18.9 Å². The molecule has 3 N–H and O–H groups in total. The lowest BCUT2D eigenvalue weighted by atomic mass is 9.51. The lowest BCUT2D eigenvalue weighted by molar-refractivity contribution is -0.144. The van der Waals surface area contributed by atoms with Crippen LogP contribution >= 0.6 is 0 Å². The summed E-state index contributed by atoms with van der Waals surface area (Å²) in [5, 5.41) is 17.4. The van der Waals surface area contributed by atoms with Crippen molar-refractivity contribution >= 4 is 11.8 Å². The largest absolute Gasteiger partial charge is 0.467 e. The van der Waals surface area contributed by atoms with Gasteiger partial charge in [0.25, 0.3) is 0 Å². The zero-order valence-electron chi connectivity index (χ0n) is 18.5. The molecule has 0 aliphatic heterocycles. The van der Waals surface area contributed by atoms with E-state index in [1.54, 1.807) is 12.3 Å². The van der Waals surface area contributed by atoms with Crippen LogP contribution in [-0.4, -0.2) is 42.8 Å². The van der Waals surface area contributed by atoms with Crippen molar-refractivity contribution in [1.29, 1.82) is 0 Å². The van der Waals surface area contributed by atoms with Crippen LogP contribution < -0.4 is 10.6 Å². The maximum absolute atomic E-state index is 12.8. The number of carbonyl (C=O) groups excluding carboxylic acids is 2. The van der Waals surface area contributed by atoms with Crippen molar-refractivity contribution in [3.8, 4) is 0 Å². The maximum Gasteiger partial charge on any atom is 0.246 e. The van der Waals surface area contributed by atoms with E-state index in [9.17, 15) is 14.7 Å². The summed E-state index contributed by atoms with van der Waals surface area (Å²) in [6.07, 6.45) is 4.69. The molecular formula is C23H36N2O5. The minimum Gasteiger partial charge on any atom is -0.467 e. The molecule has 1 aromatic heterocycles. The number of amides is 2. The fourth-order valence-corrected chi connectivity index (χ4v) is 5.82. The third-order valence-corrected chi connectivity index (χ3v) is 7.58. The van der Waals surface area contributed by atoms with Crippen LogP contribution in [0.4, 0.5) is 0 Å². The average Bonchev–Trinajstić information content (AvgIpc) is 3.22. The molecule has 7 nitrogen and oxygen atoms in total. The second kappa shape index (κ2) is 9.52. The van der Waals surface area contributed by atoms with Gasteiger partial charge >= 0.3 is 0 Å². The van der Waals surface area contributed by atoms with Crippen molar-refractivity contribution in [2.45, 2.75) is 65.1 Å². The minimum atomic E-state index is -0.578. The van der Waals surface area contributed by atoms with Crippen LogP contribution in [0.1, 0.15) is 52.2 Å². The number of nitrogens with one attached hydrogen (secondary N) is 2. The van der Waals surface area contributed by atoms with Crippen LogP contribution in [0.3, 0.4) is 0 Å². The van der Waals surface area contributed by atoms with Crippen molar-refractivity contribution < 1.29 is 23.8 Å². The Kier molecular flexibility index (Phi) is 7.24. The molecule has 2 amide bonds. The van der Waals surface area contributed by atoms with Crippen molar-refractivity contribution in [2.24, 2.45) is 29.1 Å². The monoisotopic (exact) mass is 420 g/mol. The number of methoxy groups -OCH3 is 1. The van der Waals surface area contributed by atoms with Crippen molar-refractivity contribution in [2.75, 3.05) is 13.7 Å². The Morgan fingerprint density at radius 2 is 2.10 bits per heavy atom. The van der Waals surface area contributed by atoms with E-state index >= 15 is 0 Å². The molecule has 1 heterocycles. The molecule has 2 fully saturated rings. The van der Waals surface area contributed by atoms with Crippen molar-refractivity contribution in [1.82, 2.24) is 10.6 Å². The first-order valence-corrected chi connectivity index (χ1v) is 11.0. The third kappa shape index (κ3) is 4.72. The van der Waals surface area contributed by atoms with Crippen LogP contribution in [0.15, 0.2) is 22.8 Å². The van der Waals surface area contributed by atoms with Gasteiger partial charge in [-0.15, -0.1) is 0 Å². The van der Waals surface area contributed by atoms with Gasteiger partial charge in [0.15, 0.2) is 0 Å². The number of aliphatic hydroxyl groups is 1. The highest BCUT2D eigenvalue weighted by Gasteiger charge is 2.53. The zero-order chi connectivity index (χ0) is 21.9. The van der Waals surface area contributed by atoms with E-state index in [1.807, 2.05) is 13.0 Å². The number of ether oxygens (including phenoxy) is 1. The van der Waals surface area contributed by atoms with E-state index in [1.165, 1.54) is 7.11 Å². The summed E-state index contributed by atoms with van der Waals surface area (Å²) in [5.74, 6) is 0.297. The molecule has 0 unspecified atom stereocenters. The summed E-state index contributed by atoms with van der Waals surface area (Å²) in [4.78, 5) is 24.8. The molecule has 0 radical (unpaired) electrons. The highest BCUT2D eigenvalue weighted by molar-refractivity contribution is 5.78. The van der Waals surface area contributed by atoms with Crippen LogP contribution in [0.25, 0.3) is 0 Å². The average molecular weight is 421 g/mol. The Labute approximate surface area is 178 Å². The van der Waals surface area contributed by atoms with Crippen molar-refractivity contribution in [3.05, 3.63) is 24.2 Å². The van der Waals surface area contributed by atoms with Gasteiger partial charge in [0, 0.05) is 19.1 Å². The number of hydrogen-bond acceptors (Lipinski definition) is 5. The highest BCUT2D eigenvalue weighted by atomic mass is 16.5. The van der Waals surface area contributed by atoms with Gasteiger partial charge in [-0.3, -0.25) is 9.59 Å². The van der Waals surface area contributed by atoms with Gasteiger partial charge < -0.3 is 24.9 Å². The Balaban J connectivity index is 1.66. The first kappa shape index (κ1) is 22.8. The first-order valence-electron chi connectivity index (χ1n) is 11.0. The lowest BCUT2D eigenvalue weighted by Gasteiger charge is -2.56. The summed E-state index contributed by atoms with van der Waals surface area (Å²) in [6, 6.07) is 3.64. The number of fused-ring (bicyclic) bond motifs is 1. The van der Waals surface area contributed by atoms with Crippen LogP contribution in [0.2, 0.25) is 0 Å². The zero-order valence-corrected chi connectivity index (χ0v) is 18.5. The molecule has 7 heteroatoms. The Morgan fingerprint density at radius 1 is 1.37 bits per heavy atom. The van der Waals surface area contributed by atoms with Gasteiger partial charge in [-0.05, 0) is 61.0 Å². The highest BCUT2D eigenvalue weighted by Crippen LogP contribution is 2.55. The second-order valence-corrected chi connectivity index (χ2v) is 9.46. The van der Waals surface area contributed by atoms with Gasteiger partial charge in [0.1, 0.15) is 12.4 Å². The van der Waals surface area contributed by atoms with E-state index < -0.39 is 6.10 Å². The summed E-state index contributed by atoms with van der Waals surface area (Å²) in [6.45, 7) is 6.67. The molecule has 0 saturated heterocycles. The number of aliphatic hydroxyl groups excluding tert-OH is 1. The van der Waals surface area contributed by atoms with Crippen LogP contribution in [-0.2, 0) is 20.9 Å². The number of furan rings is 1. The number of carbonyl (C=O) groups is 2. The predicted molar refractivity (Wildman–Crippen MR) is 112 cm³/mol. The predicted octanol–water partition coefficient (Wildman–Crippen LogP) is 2.49. The lowest BCUT2D eigenvalue weighted by Crippen LogP contribution is -2.58. The molecule has 2 aliphatic carbocycles. The molecule has 0 bridgehead atoms. The topological polar surface area (TPSA) is 101 Å². The van der Waals surface area contributed by atoms with Crippen molar-refractivity contribution in [3.63, 3.8) is 0 Å². The summed E-state index contributed by atoms with van der Waals surface area (Å²) < 4.78 is 10.2. The number of hydrogen-bond donors (Lipinski definition) is 3. The van der Waals surface area contributed by atoms with E-state index in [0.717, 1.165) is 25.7 Å². The molecule has 0 aromatic carbocycles. The summed E-state index contributed by atoms with van der Waals surface area (Å²) in [7, 11) is 1.51. The van der Waals surface area contributed by atoms with E-state index in [2.05, 4.69) is 24.5 Å². The molecule has 30 heavy (non-hydrogen) atoms. The first-order chi connectivity index (χ1) is 14.3. The second-order valence-electron chi connectivity index (χ2n) is 9.46. The molecule has 1 aromatic rings. The molecule has 7 atom stereocenters. The van der Waals surface area contributed by atoms with Gasteiger partial charge in [-0.2, -0.15) is 0 Å². The smallest absolute Gasteiger partial charge is 0.246 e. The summed E-state index contributed by atoms with van der Waals surface area (Å²) in [5.41, 5.74) is 0.0299. The Morgan fingerprint density at radius 3 is 2.77 bits per heavy atom. The normalized spacial score (nSPS) is 34.6. The minimum absolute atomic E-state index is 0.0159. The molecule has 2 aliphatic rings. The molecule has 3 rings (SSSR count). The Hall–Kier alpha value is -1.86. The van der Waals surface area contributed by atoms with E-state index in [4.69, 9.17) is 9.15 Å².